The second-order valence-electron chi connectivity index (χ2n) is 4.76. The van der Waals surface area contributed by atoms with Gasteiger partial charge in [-0.15, -0.1) is 0 Å². The molecule has 0 radical (unpaired) electrons. The van der Waals surface area contributed by atoms with Crippen molar-refractivity contribution in [1.29, 1.82) is 5.26 Å². The first-order chi connectivity index (χ1) is 6.60. The van der Waals surface area contributed by atoms with Gasteiger partial charge in [0.15, 0.2) is 5.78 Å². The number of carbonyl (C=O) groups is 1. The predicted octanol–water partition coefficient (Wildman–Crippen LogP) is 3.08. The molecule has 1 aliphatic rings. The summed E-state index contributed by atoms with van der Waals surface area (Å²) < 4.78 is 0. The predicted molar refractivity (Wildman–Crippen MR) is 55.6 cm³/mol. The lowest BCUT2D eigenvalue weighted by Gasteiger charge is -2.18. The van der Waals surface area contributed by atoms with E-state index in [0.717, 1.165) is 32.1 Å². The Morgan fingerprint density at radius 3 is 2.71 bits per heavy atom. The molecule has 1 saturated carbocycles. The summed E-state index contributed by atoms with van der Waals surface area (Å²) in [5.41, 5.74) is -0.602. The molecule has 78 valence electrons. The molecule has 0 aromatic heterocycles. The van der Waals surface area contributed by atoms with Gasteiger partial charge in [-0.3, -0.25) is 4.79 Å². The first kappa shape index (κ1) is 11.2. The maximum Gasteiger partial charge on any atom is 0.153 e. The summed E-state index contributed by atoms with van der Waals surface area (Å²) >= 11 is 0. The van der Waals surface area contributed by atoms with E-state index in [2.05, 4.69) is 19.9 Å². The fraction of sp³-hybridized carbons (Fsp3) is 0.833. The van der Waals surface area contributed by atoms with Crippen LogP contribution in [0, 0.1) is 22.7 Å². The van der Waals surface area contributed by atoms with Gasteiger partial charge in [0.1, 0.15) is 5.41 Å². The number of ketones is 1. The van der Waals surface area contributed by atoms with Gasteiger partial charge in [0.25, 0.3) is 0 Å². The molecule has 1 unspecified atom stereocenters. The van der Waals surface area contributed by atoms with Crippen LogP contribution in [0.5, 0.6) is 0 Å². The van der Waals surface area contributed by atoms with Crippen molar-refractivity contribution < 1.29 is 4.79 Å². The van der Waals surface area contributed by atoms with Gasteiger partial charge in [-0.2, -0.15) is 5.26 Å². The van der Waals surface area contributed by atoms with Crippen LogP contribution in [0.2, 0.25) is 0 Å². The molecule has 1 atom stereocenters. The molecule has 0 bridgehead atoms. The quantitative estimate of drug-likeness (QED) is 0.688. The molecule has 0 N–H and O–H groups in total. The summed E-state index contributed by atoms with van der Waals surface area (Å²) in [5, 5.41) is 9.08. The van der Waals surface area contributed by atoms with E-state index in [1.54, 1.807) is 0 Å². The van der Waals surface area contributed by atoms with E-state index in [9.17, 15) is 4.79 Å². The molecule has 0 aromatic carbocycles. The lowest BCUT2D eigenvalue weighted by atomic mass is 9.81. The van der Waals surface area contributed by atoms with Gasteiger partial charge >= 0.3 is 0 Å². The van der Waals surface area contributed by atoms with Gasteiger partial charge in [0.05, 0.1) is 6.07 Å². The minimum atomic E-state index is -0.602. The largest absolute Gasteiger partial charge is 0.298 e. The van der Waals surface area contributed by atoms with E-state index < -0.39 is 5.41 Å². The summed E-state index contributed by atoms with van der Waals surface area (Å²) in [6.45, 7) is 4.35. The molecule has 1 aliphatic carbocycles. The molecule has 0 saturated heterocycles. The Bertz CT molecular complexity index is 252. The highest BCUT2D eigenvalue weighted by molar-refractivity contribution is 5.89. The molecule has 0 aliphatic heterocycles. The van der Waals surface area contributed by atoms with Crippen molar-refractivity contribution in [2.75, 3.05) is 0 Å². The first-order valence-corrected chi connectivity index (χ1v) is 5.55. The van der Waals surface area contributed by atoms with E-state index >= 15 is 0 Å². The minimum absolute atomic E-state index is 0.184. The second-order valence-corrected chi connectivity index (χ2v) is 4.76. The Morgan fingerprint density at radius 1 is 1.57 bits per heavy atom. The van der Waals surface area contributed by atoms with Crippen molar-refractivity contribution in [3.8, 4) is 6.07 Å². The molecular formula is C12H19NO. The average Bonchev–Trinajstić information content (AvgIpc) is 2.48. The Labute approximate surface area is 86.3 Å². The molecular weight excluding hydrogens is 174 g/mol. The Morgan fingerprint density at radius 2 is 2.29 bits per heavy atom. The Kier molecular flexibility index (Phi) is 3.69. The molecule has 0 aromatic rings. The Hall–Kier alpha value is -0.840. The molecule has 0 spiro atoms. The van der Waals surface area contributed by atoms with Crippen LogP contribution < -0.4 is 0 Å². The summed E-state index contributed by atoms with van der Waals surface area (Å²) in [4.78, 5) is 11.6. The lowest BCUT2D eigenvalue weighted by molar-refractivity contribution is -0.123. The molecule has 14 heavy (non-hydrogen) atoms. The average molecular weight is 193 g/mol. The highest BCUT2D eigenvalue weighted by Crippen LogP contribution is 2.38. The molecule has 0 heterocycles. The number of carbonyl (C=O) groups excluding carboxylic acids is 1. The standard InChI is InChI=1S/C12H19NO/c1-10(2)5-3-7-12(9-13)8-4-6-11(12)14/h10H,3-8H2,1-2H3. The fourth-order valence-electron chi connectivity index (χ4n) is 2.18. The van der Waals surface area contributed by atoms with E-state index in [4.69, 9.17) is 5.26 Å². The van der Waals surface area contributed by atoms with Gasteiger partial charge in [0.2, 0.25) is 0 Å². The lowest BCUT2D eigenvalue weighted by Crippen LogP contribution is -2.23. The van der Waals surface area contributed by atoms with Crippen LogP contribution in [-0.2, 0) is 4.79 Å². The van der Waals surface area contributed by atoms with E-state index in [-0.39, 0.29) is 5.78 Å². The summed E-state index contributed by atoms with van der Waals surface area (Å²) in [6.07, 6.45) is 5.23. The monoisotopic (exact) mass is 193 g/mol. The smallest absolute Gasteiger partial charge is 0.153 e. The first-order valence-electron chi connectivity index (χ1n) is 5.55. The van der Waals surface area contributed by atoms with Crippen molar-refractivity contribution in [1.82, 2.24) is 0 Å². The number of rotatable bonds is 4. The van der Waals surface area contributed by atoms with Gasteiger partial charge in [-0.05, 0) is 25.2 Å². The van der Waals surface area contributed by atoms with Crippen LogP contribution in [0.3, 0.4) is 0 Å². The molecule has 1 fully saturated rings. The van der Waals surface area contributed by atoms with Crippen molar-refractivity contribution in [3.63, 3.8) is 0 Å². The zero-order valence-electron chi connectivity index (χ0n) is 9.18. The minimum Gasteiger partial charge on any atom is -0.298 e. The maximum atomic E-state index is 11.6. The van der Waals surface area contributed by atoms with E-state index in [0.29, 0.717) is 12.3 Å². The molecule has 1 rings (SSSR count). The van der Waals surface area contributed by atoms with Crippen molar-refractivity contribution in [2.24, 2.45) is 11.3 Å². The summed E-state index contributed by atoms with van der Waals surface area (Å²) in [5.74, 6) is 0.853. The normalized spacial score (nSPS) is 26.9. The van der Waals surface area contributed by atoms with Crippen molar-refractivity contribution in [2.45, 2.75) is 52.4 Å². The molecule has 0 amide bonds. The van der Waals surface area contributed by atoms with E-state index in [1.165, 1.54) is 0 Å². The number of nitriles is 1. The van der Waals surface area contributed by atoms with Crippen LogP contribution >= 0.6 is 0 Å². The third kappa shape index (κ3) is 2.35. The number of hydrogen-bond acceptors (Lipinski definition) is 2. The third-order valence-electron chi connectivity index (χ3n) is 3.14. The number of Topliss-reactive ketones (excluding diaryl/α,β-unsaturated/α-hetero) is 1. The van der Waals surface area contributed by atoms with Gasteiger partial charge in [-0.25, -0.2) is 0 Å². The van der Waals surface area contributed by atoms with Crippen LogP contribution in [0.25, 0.3) is 0 Å². The third-order valence-corrected chi connectivity index (χ3v) is 3.14. The maximum absolute atomic E-state index is 11.6. The summed E-state index contributed by atoms with van der Waals surface area (Å²) in [7, 11) is 0. The van der Waals surface area contributed by atoms with Gasteiger partial charge in [-0.1, -0.05) is 26.7 Å². The Balaban J connectivity index is 2.47. The topological polar surface area (TPSA) is 40.9 Å². The summed E-state index contributed by atoms with van der Waals surface area (Å²) in [6, 6.07) is 2.25. The fourth-order valence-corrected chi connectivity index (χ4v) is 2.18. The zero-order chi connectivity index (χ0) is 10.6. The SMILES string of the molecule is CC(C)CCCC1(C#N)CCCC1=O. The zero-order valence-corrected chi connectivity index (χ0v) is 9.18. The van der Waals surface area contributed by atoms with Gasteiger partial charge in [0, 0.05) is 6.42 Å². The van der Waals surface area contributed by atoms with Crippen molar-refractivity contribution >= 4 is 5.78 Å². The van der Waals surface area contributed by atoms with Crippen LogP contribution in [0.15, 0.2) is 0 Å². The van der Waals surface area contributed by atoms with Crippen LogP contribution in [0.1, 0.15) is 52.4 Å². The number of nitrogens with zero attached hydrogens (tertiary/aromatic N) is 1. The van der Waals surface area contributed by atoms with E-state index in [1.807, 2.05) is 0 Å². The molecule has 2 heteroatoms. The highest BCUT2D eigenvalue weighted by atomic mass is 16.1. The molecule has 2 nitrogen and oxygen atoms in total. The van der Waals surface area contributed by atoms with Crippen LogP contribution in [-0.4, -0.2) is 5.78 Å². The van der Waals surface area contributed by atoms with Gasteiger partial charge < -0.3 is 0 Å². The second kappa shape index (κ2) is 4.59. The van der Waals surface area contributed by atoms with Crippen LogP contribution in [0.4, 0.5) is 0 Å². The number of hydrogen-bond donors (Lipinski definition) is 0. The van der Waals surface area contributed by atoms with Crippen molar-refractivity contribution in [3.05, 3.63) is 0 Å². The highest BCUT2D eigenvalue weighted by Gasteiger charge is 2.41.